The molecule has 1 unspecified atom stereocenters. The number of alkyl halides is 1. The van der Waals surface area contributed by atoms with Crippen LogP contribution in [0.5, 0.6) is 0 Å². The van der Waals surface area contributed by atoms with Crippen molar-refractivity contribution < 1.29 is 4.39 Å². The van der Waals surface area contributed by atoms with E-state index in [9.17, 15) is 4.39 Å². The molecule has 1 rings (SSSR count). The fraction of sp³-hybridized carbons (Fsp3) is 1.00. The third kappa shape index (κ3) is 1.56. The quantitative estimate of drug-likeness (QED) is 0.595. The summed E-state index contributed by atoms with van der Waals surface area (Å²) < 4.78 is 13.8. The van der Waals surface area contributed by atoms with Gasteiger partial charge in [0, 0.05) is 13.1 Å². The van der Waals surface area contributed by atoms with E-state index in [2.05, 4.69) is 13.8 Å². The minimum atomic E-state index is -0.900. The van der Waals surface area contributed by atoms with Crippen molar-refractivity contribution in [2.24, 2.45) is 11.8 Å². The zero-order valence-corrected chi connectivity index (χ0v) is 7.89. The van der Waals surface area contributed by atoms with Crippen molar-refractivity contribution in [1.82, 2.24) is 4.90 Å². The molecule has 1 fully saturated rings. The van der Waals surface area contributed by atoms with Crippen LogP contribution >= 0.6 is 0 Å². The Morgan fingerprint density at radius 3 is 2.00 bits per heavy atom. The predicted molar refractivity (Wildman–Crippen MR) is 45.3 cm³/mol. The average Bonchev–Trinajstić information content (AvgIpc) is 1.83. The molecule has 1 aliphatic heterocycles. The van der Waals surface area contributed by atoms with Crippen LogP contribution < -0.4 is 0 Å². The molecule has 0 spiro atoms. The van der Waals surface area contributed by atoms with Crippen molar-refractivity contribution in [3.63, 3.8) is 0 Å². The Morgan fingerprint density at radius 2 is 1.73 bits per heavy atom. The largest absolute Gasteiger partial charge is 0.300 e. The van der Waals surface area contributed by atoms with Gasteiger partial charge in [-0.25, -0.2) is 4.39 Å². The first-order valence-corrected chi connectivity index (χ1v) is 4.33. The molecule has 1 saturated heterocycles. The lowest BCUT2D eigenvalue weighted by Crippen LogP contribution is -2.61. The van der Waals surface area contributed by atoms with Crippen LogP contribution in [-0.4, -0.2) is 30.7 Å². The van der Waals surface area contributed by atoms with Crippen LogP contribution in [0.3, 0.4) is 0 Å². The lowest BCUT2D eigenvalue weighted by atomic mass is 9.78. The van der Waals surface area contributed by atoms with Crippen LogP contribution in [0.1, 0.15) is 20.8 Å². The van der Waals surface area contributed by atoms with Crippen LogP contribution in [-0.2, 0) is 0 Å². The number of hydrogen-bond acceptors (Lipinski definition) is 1. The molecule has 1 nitrogen and oxygen atoms in total. The van der Waals surface area contributed by atoms with E-state index >= 15 is 0 Å². The Hall–Kier alpha value is -0.110. The molecule has 1 aliphatic rings. The zero-order valence-electron chi connectivity index (χ0n) is 7.89. The molecule has 11 heavy (non-hydrogen) atoms. The smallest absolute Gasteiger partial charge is 0.138 e. The van der Waals surface area contributed by atoms with Gasteiger partial charge in [-0.1, -0.05) is 20.8 Å². The molecule has 0 aliphatic carbocycles. The van der Waals surface area contributed by atoms with E-state index in [4.69, 9.17) is 0 Å². The topological polar surface area (TPSA) is 3.24 Å². The molecule has 0 N–H and O–H groups in total. The molecule has 0 amide bonds. The molecule has 2 heteroatoms. The standard InChI is InChI=1S/C9H18FN/c1-7(2)8(3)9(10)5-11(4)6-9/h7-8H,5-6H2,1-4H3. The summed E-state index contributed by atoms with van der Waals surface area (Å²) in [7, 11) is 1.96. The second kappa shape index (κ2) is 2.74. The molecular formula is C9H18FN. The zero-order chi connectivity index (χ0) is 8.65. The molecular weight excluding hydrogens is 141 g/mol. The average molecular weight is 159 g/mol. The van der Waals surface area contributed by atoms with E-state index in [0.29, 0.717) is 19.0 Å². The first kappa shape index (κ1) is 8.98. The molecule has 0 aromatic rings. The molecule has 0 saturated carbocycles. The monoisotopic (exact) mass is 159 g/mol. The summed E-state index contributed by atoms with van der Waals surface area (Å²) in [6, 6.07) is 0. The summed E-state index contributed by atoms with van der Waals surface area (Å²) in [6.45, 7) is 7.42. The Morgan fingerprint density at radius 1 is 1.27 bits per heavy atom. The van der Waals surface area contributed by atoms with Gasteiger partial charge in [-0.2, -0.15) is 0 Å². The summed E-state index contributed by atoms with van der Waals surface area (Å²) in [5, 5.41) is 0. The van der Waals surface area contributed by atoms with Crippen molar-refractivity contribution in [2.45, 2.75) is 26.4 Å². The highest BCUT2D eigenvalue weighted by Gasteiger charge is 2.46. The molecule has 1 heterocycles. The minimum Gasteiger partial charge on any atom is -0.300 e. The first-order chi connectivity index (χ1) is 4.96. The van der Waals surface area contributed by atoms with Gasteiger partial charge >= 0.3 is 0 Å². The van der Waals surface area contributed by atoms with Gasteiger partial charge in [0.25, 0.3) is 0 Å². The van der Waals surface area contributed by atoms with E-state index < -0.39 is 5.67 Å². The summed E-state index contributed by atoms with van der Waals surface area (Å²) >= 11 is 0. The highest BCUT2D eigenvalue weighted by molar-refractivity contribution is 4.98. The third-order valence-corrected chi connectivity index (χ3v) is 2.88. The number of hydrogen-bond donors (Lipinski definition) is 0. The Balaban J connectivity index is 2.47. The van der Waals surface area contributed by atoms with E-state index in [1.165, 1.54) is 0 Å². The van der Waals surface area contributed by atoms with Crippen LogP contribution in [0.25, 0.3) is 0 Å². The van der Waals surface area contributed by atoms with E-state index in [-0.39, 0.29) is 5.92 Å². The fourth-order valence-corrected chi connectivity index (χ4v) is 1.74. The Bertz CT molecular complexity index is 138. The van der Waals surface area contributed by atoms with Gasteiger partial charge in [-0.3, -0.25) is 4.90 Å². The van der Waals surface area contributed by atoms with Gasteiger partial charge in [-0.15, -0.1) is 0 Å². The van der Waals surface area contributed by atoms with Crippen LogP contribution in [0.15, 0.2) is 0 Å². The number of likely N-dealkylation sites (tertiary alicyclic amines) is 1. The molecule has 1 atom stereocenters. The number of nitrogens with zero attached hydrogens (tertiary/aromatic N) is 1. The number of rotatable bonds is 2. The number of halogens is 1. The molecule has 0 bridgehead atoms. The van der Waals surface area contributed by atoms with E-state index in [1.54, 1.807) is 0 Å². The third-order valence-electron chi connectivity index (χ3n) is 2.88. The summed E-state index contributed by atoms with van der Waals surface area (Å²) in [5.41, 5.74) is -0.900. The van der Waals surface area contributed by atoms with Crippen molar-refractivity contribution in [2.75, 3.05) is 20.1 Å². The predicted octanol–water partition coefficient (Wildman–Crippen LogP) is 1.93. The van der Waals surface area contributed by atoms with Crippen molar-refractivity contribution in [1.29, 1.82) is 0 Å². The fourth-order valence-electron chi connectivity index (χ4n) is 1.74. The second-order valence-electron chi connectivity index (χ2n) is 4.24. The summed E-state index contributed by atoms with van der Waals surface area (Å²) in [5.74, 6) is 0.646. The second-order valence-corrected chi connectivity index (χ2v) is 4.24. The lowest BCUT2D eigenvalue weighted by molar-refractivity contribution is -0.0687. The van der Waals surface area contributed by atoms with Gasteiger partial charge < -0.3 is 0 Å². The highest BCUT2D eigenvalue weighted by Crippen LogP contribution is 2.35. The minimum absolute atomic E-state index is 0.193. The summed E-state index contributed by atoms with van der Waals surface area (Å²) in [6.07, 6.45) is 0. The maximum Gasteiger partial charge on any atom is 0.138 e. The van der Waals surface area contributed by atoms with Gasteiger partial charge in [0.1, 0.15) is 5.67 Å². The van der Waals surface area contributed by atoms with Crippen LogP contribution in [0.2, 0.25) is 0 Å². The van der Waals surface area contributed by atoms with Gasteiger partial charge in [0.05, 0.1) is 0 Å². The van der Waals surface area contributed by atoms with E-state index in [0.717, 1.165) is 0 Å². The van der Waals surface area contributed by atoms with Gasteiger partial charge in [0.15, 0.2) is 0 Å². The Kier molecular flexibility index (Phi) is 2.24. The van der Waals surface area contributed by atoms with Gasteiger partial charge in [-0.05, 0) is 18.9 Å². The SMILES string of the molecule is CC(C)C(C)C1(F)CN(C)C1. The van der Waals surface area contributed by atoms with Crippen LogP contribution in [0, 0.1) is 11.8 Å². The maximum atomic E-state index is 13.8. The molecule has 0 aromatic carbocycles. The van der Waals surface area contributed by atoms with Gasteiger partial charge in [0.2, 0.25) is 0 Å². The van der Waals surface area contributed by atoms with Crippen molar-refractivity contribution in [3.05, 3.63) is 0 Å². The highest BCUT2D eigenvalue weighted by atomic mass is 19.1. The lowest BCUT2D eigenvalue weighted by Gasteiger charge is -2.47. The van der Waals surface area contributed by atoms with Crippen LogP contribution in [0.4, 0.5) is 4.39 Å². The van der Waals surface area contributed by atoms with Crippen molar-refractivity contribution >= 4 is 0 Å². The molecule has 66 valence electrons. The van der Waals surface area contributed by atoms with Crippen molar-refractivity contribution in [3.8, 4) is 0 Å². The summed E-state index contributed by atoms with van der Waals surface area (Å²) in [4.78, 5) is 2.03. The first-order valence-electron chi connectivity index (χ1n) is 4.33. The molecule has 0 aromatic heterocycles. The molecule has 0 radical (unpaired) electrons. The Labute approximate surface area is 68.6 Å². The normalized spacial score (nSPS) is 26.7. The van der Waals surface area contributed by atoms with E-state index in [1.807, 2.05) is 18.9 Å². The maximum absolute atomic E-state index is 13.8.